The molecule has 0 aliphatic rings. The molecule has 0 N–H and O–H groups in total. The molecule has 310 valence electrons. The van der Waals surface area contributed by atoms with Crippen LogP contribution in [0.15, 0.2) is 158 Å². The minimum Gasteiger partial charge on any atom is -0.0656 e. The SMILES string of the molecule is C[Si](C)(C)c1cc2c(-c3ccccc3)c(-c3ccccc3)c3cc4c(cc3c2cc1[Si](C)(C)C)c(-c1ccccc1)c(-c1ccccc1)c1cc([Si](C)(C)C)c([Si](C)(C)C)cc14. The van der Waals surface area contributed by atoms with Crippen LogP contribution < -0.4 is 20.7 Å². The highest BCUT2D eigenvalue weighted by molar-refractivity contribution is 6.99. The molecule has 0 bridgehead atoms. The van der Waals surface area contributed by atoms with Crippen LogP contribution in [0.1, 0.15) is 0 Å². The van der Waals surface area contributed by atoms with Crippen molar-refractivity contribution in [1.29, 1.82) is 0 Å². The Labute approximate surface area is 374 Å². The molecule has 62 heavy (non-hydrogen) atoms. The van der Waals surface area contributed by atoms with Crippen LogP contribution in [0.2, 0.25) is 78.6 Å². The van der Waals surface area contributed by atoms with Gasteiger partial charge in [0.1, 0.15) is 0 Å². The lowest BCUT2D eigenvalue weighted by atomic mass is 9.81. The second-order valence-electron chi connectivity index (χ2n) is 21.8. The quantitative estimate of drug-likeness (QED) is 0.0811. The fraction of sp³-hybridized carbons (Fsp3) is 0.207. The summed E-state index contributed by atoms with van der Waals surface area (Å²) in [6, 6.07) is 61.0. The van der Waals surface area contributed by atoms with Gasteiger partial charge in [0.2, 0.25) is 0 Å². The zero-order valence-electron chi connectivity index (χ0n) is 39.0. The molecule has 0 spiro atoms. The van der Waals surface area contributed by atoms with E-state index in [9.17, 15) is 0 Å². The third kappa shape index (κ3) is 7.39. The van der Waals surface area contributed by atoms with Gasteiger partial charge in [-0.3, -0.25) is 0 Å². The number of rotatable bonds is 8. The first-order valence-electron chi connectivity index (χ1n) is 22.6. The van der Waals surface area contributed by atoms with E-state index < -0.39 is 32.3 Å². The van der Waals surface area contributed by atoms with Gasteiger partial charge in [0, 0.05) is 0 Å². The van der Waals surface area contributed by atoms with E-state index in [4.69, 9.17) is 0 Å². The summed E-state index contributed by atoms with van der Waals surface area (Å²) in [7, 11) is -7.08. The molecule has 4 heteroatoms. The zero-order chi connectivity index (χ0) is 43.9. The number of hydrogen-bond acceptors (Lipinski definition) is 0. The average molecular weight is 871 g/mol. The molecule has 0 saturated carbocycles. The molecule has 0 fully saturated rings. The molecular weight excluding hydrogens is 809 g/mol. The second-order valence-corrected chi connectivity index (χ2v) is 41.9. The van der Waals surface area contributed by atoms with Gasteiger partial charge in [-0.15, -0.1) is 0 Å². The van der Waals surface area contributed by atoms with Crippen LogP contribution in [0, 0.1) is 0 Å². The maximum absolute atomic E-state index is 2.68. The highest BCUT2D eigenvalue weighted by atomic mass is 28.3. The van der Waals surface area contributed by atoms with Crippen molar-refractivity contribution in [2.75, 3.05) is 0 Å². The first-order chi connectivity index (χ1) is 29.3. The van der Waals surface area contributed by atoms with E-state index in [0.717, 1.165) is 0 Å². The first kappa shape index (κ1) is 42.2. The van der Waals surface area contributed by atoms with Gasteiger partial charge in [0.25, 0.3) is 0 Å². The van der Waals surface area contributed by atoms with Crippen molar-refractivity contribution in [2.45, 2.75) is 78.6 Å². The summed E-state index contributed by atoms with van der Waals surface area (Å²) in [6.45, 7) is 30.5. The number of fused-ring (bicyclic) bond motifs is 6. The van der Waals surface area contributed by atoms with E-state index in [-0.39, 0.29) is 0 Å². The topological polar surface area (TPSA) is 0 Å². The molecule has 0 heterocycles. The van der Waals surface area contributed by atoms with E-state index in [0.29, 0.717) is 0 Å². The van der Waals surface area contributed by atoms with Gasteiger partial charge in [-0.05, 0) is 99.7 Å². The Morgan fingerprint density at radius 2 is 0.387 bits per heavy atom. The Bertz CT molecular complexity index is 2940. The average Bonchev–Trinajstić information content (AvgIpc) is 3.24. The molecule has 9 rings (SSSR count). The molecule has 0 unspecified atom stereocenters. The van der Waals surface area contributed by atoms with E-state index in [2.05, 4.69) is 236 Å². The summed E-state index contributed by atoms with van der Waals surface area (Å²) in [5.41, 5.74) is 10.4. The minimum atomic E-state index is -1.78. The molecule has 9 aromatic rings. The van der Waals surface area contributed by atoms with Crippen LogP contribution >= 0.6 is 0 Å². The smallest absolute Gasteiger partial charge is 0.0656 e. The van der Waals surface area contributed by atoms with Crippen molar-refractivity contribution in [1.82, 2.24) is 0 Å². The van der Waals surface area contributed by atoms with Crippen LogP contribution in [0.5, 0.6) is 0 Å². The monoisotopic (exact) mass is 870 g/mol. The maximum atomic E-state index is 2.68. The molecule has 0 aromatic heterocycles. The summed E-state index contributed by atoms with van der Waals surface area (Å²) >= 11 is 0. The third-order valence-electron chi connectivity index (χ3n) is 13.1. The van der Waals surface area contributed by atoms with Crippen LogP contribution in [-0.2, 0) is 0 Å². The van der Waals surface area contributed by atoms with E-state index in [1.165, 1.54) is 87.6 Å². The molecule has 0 amide bonds. The Hall–Kier alpha value is -5.11. The van der Waals surface area contributed by atoms with Crippen molar-refractivity contribution in [3.63, 3.8) is 0 Å². The molecule has 0 radical (unpaired) electrons. The molecular formula is C58H62Si4. The van der Waals surface area contributed by atoms with Gasteiger partial charge < -0.3 is 0 Å². The molecule has 9 aromatic carbocycles. The van der Waals surface area contributed by atoms with Gasteiger partial charge in [-0.25, -0.2) is 0 Å². The predicted molar refractivity (Wildman–Crippen MR) is 290 cm³/mol. The van der Waals surface area contributed by atoms with Crippen LogP contribution in [-0.4, -0.2) is 32.3 Å². The number of benzene rings is 9. The standard InChI is InChI=1S/C58H62Si4/c1-59(2,3)51-35-45-43-33-48-44(34-47(43)55(39-25-17-13-18-26-39)57(41-29-21-15-22-30-41)49(45)37-53(51)61(7,8)9)46-36-52(60(4,5)6)54(62(10,11)12)38-50(46)58(42-31-23-16-24-32-42)56(48)40-27-19-14-20-28-40/h13-38H,1-12H3. The van der Waals surface area contributed by atoms with Crippen molar-refractivity contribution < 1.29 is 0 Å². The van der Waals surface area contributed by atoms with Crippen molar-refractivity contribution >= 4 is 96.1 Å². The second kappa shape index (κ2) is 15.3. The van der Waals surface area contributed by atoms with Crippen molar-refractivity contribution in [3.8, 4) is 44.5 Å². The molecule has 0 saturated heterocycles. The fourth-order valence-corrected chi connectivity index (χ4v) is 20.5. The normalized spacial score (nSPS) is 12.8. The summed E-state index contributed by atoms with van der Waals surface area (Å²) in [6.07, 6.45) is 0. The van der Waals surface area contributed by atoms with Crippen LogP contribution in [0.3, 0.4) is 0 Å². The van der Waals surface area contributed by atoms with Gasteiger partial charge >= 0.3 is 0 Å². The third-order valence-corrected chi connectivity index (χ3v) is 21.7. The van der Waals surface area contributed by atoms with E-state index in [1.807, 2.05) is 0 Å². The van der Waals surface area contributed by atoms with Crippen molar-refractivity contribution in [3.05, 3.63) is 158 Å². The van der Waals surface area contributed by atoms with Crippen LogP contribution in [0.4, 0.5) is 0 Å². The maximum Gasteiger partial charge on any atom is 0.0774 e. The zero-order valence-corrected chi connectivity index (χ0v) is 43.0. The van der Waals surface area contributed by atoms with E-state index >= 15 is 0 Å². The Morgan fingerprint density at radius 3 is 0.597 bits per heavy atom. The summed E-state index contributed by atoms with van der Waals surface area (Å²) in [5, 5.41) is 17.3. The van der Waals surface area contributed by atoms with Gasteiger partial charge in [0.05, 0.1) is 32.3 Å². The lowest BCUT2D eigenvalue weighted by molar-refractivity contribution is 1.62. The van der Waals surface area contributed by atoms with Gasteiger partial charge in [0.15, 0.2) is 0 Å². The lowest BCUT2D eigenvalue weighted by Gasteiger charge is -2.31. The first-order valence-corrected chi connectivity index (χ1v) is 36.6. The molecule has 0 atom stereocenters. The fourth-order valence-electron chi connectivity index (χ4n) is 10.2. The van der Waals surface area contributed by atoms with Crippen molar-refractivity contribution in [2.24, 2.45) is 0 Å². The highest BCUT2D eigenvalue weighted by Crippen LogP contribution is 2.50. The summed E-state index contributed by atoms with van der Waals surface area (Å²) in [4.78, 5) is 0. The molecule has 0 nitrogen and oxygen atoms in total. The minimum absolute atomic E-state index is 1.26. The predicted octanol–water partition coefficient (Wildman–Crippen LogP) is 15.1. The lowest BCUT2D eigenvalue weighted by Crippen LogP contribution is -2.56. The Morgan fingerprint density at radius 1 is 0.210 bits per heavy atom. The molecule has 0 aliphatic heterocycles. The number of hydrogen-bond donors (Lipinski definition) is 0. The molecule has 0 aliphatic carbocycles. The van der Waals surface area contributed by atoms with Crippen LogP contribution in [0.25, 0.3) is 87.6 Å². The van der Waals surface area contributed by atoms with Gasteiger partial charge in [-0.1, -0.05) is 245 Å². The summed E-state index contributed by atoms with van der Waals surface area (Å²) < 4.78 is 0. The largest absolute Gasteiger partial charge is 0.0774 e. The highest BCUT2D eigenvalue weighted by Gasteiger charge is 2.32. The summed E-state index contributed by atoms with van der Waals surface area (Å²) in [5.74, 6) is 0. The van der Waals surface area contributed by atoms with Gasteiger partial charge in [-0.2, -0.15) is 0 Å². The Balaban J connectivity index is 1.64. The Kier molecular flexibility index (Phi) is 10.4. The van der Waals surface area contributed by atoms with E-state index in [1.54, 1.807) is 20.7 Å².